The van der Waals surface area contributed by atoms with Crippen molar-refractivity contribution in [3.63, 3.8) is 0 Å². The largest absolute Gasteiger partial charge is 0.339 e. The molecule has 5 heteroatoms. The highest BCUT2D eigenvalue weighted by molar-refractivity contribution is 5.97. The third kappa shape index (κ3) is 2.95. The minimum Gasteiger partial charge on any atom is -0.339 e. The number of fused-ring (bicyclic) bond motifs is 1. The summed E-state index contributed by atoms with van der Waals surface area (Å²) >= 11 is 0. The Bertz CT molecular complexity index is 1010. The molecule has 0 spiro atoms. The van der Waals surface area contributed by atoms with E-state index in [1.165, 1.54) is 5.56 Å². The number of nitriles is 1. The summed E-state index contributed by atoms with van der Waals surface area (Å²) in [5.74, 6) is 0.0972. The summed E-state index contributed by atoms with van der Waals surface area (Å²) in [6.45, 7) is 3.36. The number of nitrogens with zero attached hydrogens (tertiary/aromatic N) is 4. The maximum absolute atomic E-state index is 12.8. The van der Waals surface area contributed by atoms with Crippen molar-refractivity contribution in [3.05, 3.63) is 59.9 Å². The highest BCUT2D eigenvalue weighted by Crippen LogP contribution is 2.23. The average Bonchev–Trinajstić information content (AvgIpc) is 3.10. The van der Waals surface area contributed by atoms with Crippen molar-refractivity contribution in [2.24, 2.45) is 5.92 Å². The number of aryl methyl sites for hydroxylation is 1. The molecule has 0 aliphatic carbocycles. The van der Waals surface area contributed by atoms with Gasteiger partial charge >= 0.3 is 0 Å². The van der Waals surface area contributed by atoms with Gasteiger partial charge in [0.05, 0.1) is 17.1 Å². The molecule has 2 heterocycles. The summed E-state index contributed by atoms with van der Waals surface area (Å²) in [5, 5.41) is 9.00. The van der Waals surface area contributed by atoms with E-state index in [-0.39, 0.29) is 11.8 Å². The first-order chi connectivity index (χ1) is 12.7. The Morgan fingerprint density at radius 3 is 2.73 bits per heavy atom. The van der Waals surface area contributed by atoms with E-state index in [9.17, 15) is 4.79 Å². The summed E-state index contributed by atoms with van der Waals surface area (Å²) in [7, 11) is 0. The van der Waals surface area contributed by atoms with Gasteiger partial charge in [-0.25, -0.2) is 4.98 Å². The number of rotatable bonds is 2. The maximum Gasteiger partial charge on any atom is 0.253 e. The van der Waals surface area contributed by atoms with Gasteiger partial charge in [-0.2, -0.15) is 5.26 Å². The molecule has 4 rings (SSSR count). The molecular weight excluding hydrogens is 324 g/mol. The first kappa shape index (κ1) is 16.3. The number of imidazole rings is 1. The predicted molar refractivity (Wildman–Crippen MR) is 100 cm³/mol. The Labute approximate surface area is 152 Å². The van der Waals surface area contributed by atoms with Crippen LogP contribution in [0.5, 0.6) is 0 Å². The number of likely N-dealkylation sites (tertiary alicyclic amines) is 1. The molecule has 0 radical (unpaired) electrons. The van der Waals surface area contributed by atoms with Crippen LogP contribution in [0.15, 0.2) is 48.8 Å². The minimum atomic E-state index is 0.0217. The summed E-state index contributed by atoms with van der Waals surface area (Å²) < 4.78 is 2.04. The van der Waals surface area contributed by atoms with Crippen LogP contribution >= 0.6 is 0 Å². The van der Waals surface area contributed by atoms with Crippen LogP contribution in [0.1, 0.15) is 28.8 Å². The van der Waals surface area contributed by atoms with Gasteiger partial charge in [0.15, 0.2) is 0 Å². The van der Waals surface area contributed by atoms with Gasteiger partial charge in [-0.05, 0) is 55.7 Å². The number of aromatic nitrogens is 2. The lowest BCUT2D eigenvalue weighted by Gasteiger charge is -2.29. The third-order valence-electron chi connectivity index (χ3n) is 5.04. The van der Waals surface area contributed by atoms with Crippen LogP contribution in [0, 0.1) is 24.2 Å². The Hall–Kier alpha value is -3.13. The van der Waals surface area contributed by atoms with Crippen LogP contribution in [0.2, 0.25) is 0 Å². The van der Waals surface area contributed by atoms with Crippen LogP contribution < -0.4 is 0 Å². The van der Waals surface area contributed by atoms with Crippen LogP contribution in [0.4, 0.5) is 0 Å². The van der Waals surface area contributed by atoms with Crippen molar-refractivity contribution in [2.45, 2.75) is 19.8 Å². The fourth-order valence-electron chi connectivity index (χ4n) is 3.52. The van der Waals surface area contributed by atoms with Crippen LogP contribution in [0.25, 0.3) is 16.7 Å². The van der Waals surface area contributed by atoms with Gasteiger partial charge < -0.3 is 4.90 Å². The highest BCUT2D eigenvalue weighted by Gasteiger charge is 2.23. The first-order valence-corrected chi connectivity index (χ1v) is 8.89. The molecule has 0 bridgehead atoms. The van der Waals surface area contributed by atoms with E-state index in [4.69, 9.17) is 5.26 Å². The molecule has 1 fully saturated rings. The zero-order valence-corrected chi connectivity index (χ0v) is 14.7. The monoisotopic (exact) mass is 344 g/mol. The Kier molecular flexibility index (Phi) is 4.18. The van der Waals surface area contributed by atoms with Gasteiger partial charge in [0.25, 0.3) is 5.91 Å². The average molecular weight is 344 g/mol. The molecule has 1 aliphatic heterocycles. The van der Waals surface area contributed by atoms with Crippen molar-refractivity contribution in [2.75, 3.05) is 13.1 Å². The topological polar surface area (TPSA) is 61.9 Å². The second-order valence-corrected chi connectivity index (χ2v) is 6.85. The third-order valence-corrected chi connectivity index (χ3v) is 5.04. The van der Waals surface area contributed by atoms with E-state index >= 15 is 0 Å². The van der Waals surface area contributed by atoms with E-state index in [1.807, 2.05) is 39.8 Å². The van der Waals surface area contributed by atoms with Gasteiger partial charge in [-0.15, -0.1) is 0 Å². The van der Waals surface area contributed by atoms with Crippen molar-refractivity contribution in [3.8, 4) is 11.8 Å². The summed E-state index contributed by atoms with van der Waals surface area (Å²) in [6.07, 6.45) is 3.31. The van der Waals surface area contributed by atoms with Gasteiger partial charge in [0, 0.05) is 30.3 Å². The molecule has 26 heavy (non-hydrogen) atoms. The van der Waals surface area contributed by atoms with Crippen molar-refractivity contribution in [1.82, 2.24) is 14.5 Å². The van der Waals surface area contributed by atoms with Crippen molar-refractivity contribution >= 4 is 16.9 Å². The number of amides is 1. The summed E-state index contributed by atoms with van der Waals surface area (Å²) in [6, 6.07) is 16.2. The summed E-state index contributed by atoms with van der Waals surface area (Å²) in [5.41, 5.74) is 4.70. The molecule has 1 amide bonds. The highest BCUT2D eigenvalue weighted by atomic mass is 16.2. The lowest BCUT2D eigenvalue weighted by Crippen LogP contribution is -2.38. The molecule has 0 saturated carbocycles. The molecule has 3 aromatic rings. The molecule has 1 aromatic heterocycles. The second kappa shape index (κ2) is 6.64. The number of carbonyl (C=O) groups is 1. The standard InChI is InChI=1S/C21H20N4O/c1-15-3-2-4-18(11-15)25-14-23-19-12-17(5-6-20(19)25)21(26)24-9-7-16(13-22)8-10-24/h2-6,11-12,14,16H,7-10H2,1H3. The fourth-order valence-corrected chi connectivity index (χ4v) is 3.52. The summed E-state index contributed by atoms with van der Waals surface area (Å²) in [4.78, 5) is 19.1. The molecule has 1 saturated heterocycles. The number of hydrogen-bond acceptors (Lipinski definition) is 3. The van der Waals surface area contributed by atoms with E-state index < -0.39 is 0 Å². The van der Waals surface area contributed by atoms with E-state index in [0.29, 0.717) is 18.7 Å². The quantitative estimate of drug-likeness (QED) is 0.712. The van der Waals surface area contributed by atoms with Crippen LogP contribution in [0.3, 0.4) is 0 Å². The van der Waals surface area contributed by atoms with Crippen molar-refractivity contribution < 1.29 is 4.79 Å². The smallest absolute Gasteiger partial charge is 0.253 e. The van der Waals surface area contributed by atoms with Gasteiger partial charge in [0.1, 0.15) is 6.33 Å². The molecular formula is C21H20N4O. The van der Waals surface area contributed by atoms with Crippen molar-refractivity contribution in [1.29, 1.82) is 5.26 Å². The molecule has 1 aliphatic rings. The van der Waals surface area contributed by atoms with Gasteiger partial charge in [-0.3, -0.25) is 9.36 Å². The van der Waals surface area contributed by atoms with Gasteiger partial charge in [-0.1, -0.05) is 12.1 Å². The Morgan fingerprint density at radius 1 is 1.19 bits per heavy atom. The molecule has 0 N–H and O–H groups in total. The number of hydrogen-bond donors (Lipinski definition) is 0. The van der Waals surface area contributed by atoms with Gasteiger partial charge in [0.2, 0.25) is 0 Å². The number of benzene rings is 2. The number of piperidine rings is 1. The predicted octanol–water partition coefficient (Wildman–Crippen LogP) is 3.71. The fraction of sp³-hybridized carbons (Fsp3) is 0.286. The minimum absolute atomic E-state index is 0.0217. The molecule has 0 unspecified atom stereocenters. The van der Waals surface area contributed by atoms with E-state index in [1.54, 1.807) is 6.33 Å². The molecule has 2 aromatic carbocycles. The zero-order chi connectivity index (χ0) is 18.1. The molecule has 130 valence electrons. The molecule has 5 nitrogen and oxygen atoms in total. The Balaban J connectivity index is 1.61. The SMILES string of the molecule is Cc1cccc(-n2cnc3cc(C(=O)N4CCC(C#N)CC4)ccc32)c1. The molecule has 0 atom stereocenters. The van der Waals surface area contributed by atoms with Crippen LogP contribution in [-0.4, -0.2) is 33.4 Å². The van der Waals surface area contributed by atoms with Crippen LogP contribution in [-0.2, 0) is 0 Å². The lowest BCUT2D eigenvalue weighted by molar-refractivity contribution is 0.0707. The lowest BCUT2D eigenvalue weighted by atomic mass is 9.98. The zero-order valence-electron chi connectivity index (χ0n) is 14.7. The number of carbonyl (C=O) groups excluding carboxylic acids is 1. The first-order valence-electron chi connectivity index (χ1n) is 8.89. The van der Waals surface area contributed by atoms with E-state index in [0.717, 1.165) is 29.6 Å². The Morgan fingerprint density at radius 2 is 2.00 bits per heavy atom. The maximum atomic E-state index is 12.8. The second-order valence-electron chi connectivity index (χ2n) is 6.85. The normalized spacial score (nSPS) is 15.2. The van der Waals surface area contributed by atoms with E-state index in [2.05, 4.69) is 30.1 Å².